The van der Waals surface area contributed by atoms with Gasteiger partial charge in [0.2, 0.25) is 0 Å². The van der Waals surface area contributed by atoms with Crippen LogP contribution in [-0.2, 0) is 4.74 Å². The number of anilines is 1. The first kappa shape index (κ1) is 16.0. The molecule has 0 aliphatic carbocycles. The highest BCUT2D eigenvalue weighted by atomic mass is 79.9. The average Bonchev–Trinajstić information content (AvgIpc) is 2.43. The fourth-order valence-corrected chi connectivity index (χ4v) is 2.11. The smallest absolute Gasteiger partial charge is 0.251 e. The summed E-state index contributed by atoms with van der Waals surface area (Å²) < 4.78 is 5.03. The summed E-state index contributed by atoms with van der Waals surface area (Å²) in [6, 6.07) is 7.64. The number of hydrogen-bond donors (Lipinski definition) is 1. The molecule has 106 valence electrons. The molecule has 5 heteroatoms. The van der Waals surface area contributed by atoms with Crippen molar-refractivity contribution in [2.24, 2.45) is 0 Å². The van der Waals surface area contributed by atoms with Gasteiger partial charge in [-0.3, -0.25) is 4.79 Å². The maximum atomic E-state index is 12.1. The molecule has 0 fully saturated rings. The normalized spacial score (nSPS) is 12.0. The van der Waals surface area contributed by atoms with Crippen LogP contribution in [0.15, 0.2) is 24.3 Å². The van der Waals surface area contributed by atoms with E-state index in [2.05, 4.69) is 21.2 Å². The molecule has 1 aromatic carbocycles. The number of amides is 1. The van der Waals surface area contributed by atoms with Gasteiger partial charge in [-0.1, -0.05) is 15.9 Å². The molecule has 0 saturated carbocycles. The molecule has 0 radical (unpaired) electrons. The molecule has 1 rings (SSSR count). The first-order valence-electron chi connectivity index (χ1n) is 6.21. The third-order valence-electron chi connectivity index (χ3n) is 2.84. The Labute approximate surface area is 123 Å². The van der Waals surface area contributed by atoms with E-state index in [-0.39, 0.29) is 11.9 Å². The van der Waals surface area contributed by atoms with Crippen molar-refractivity contribution in [3.63, 3.8) is 0 Å². The van der Waals surface area contributed by atoms with Crippen LogP contribution in [0.5, 0.6) is 0 Å². The van der Waals surface area contributed by atoms with Crippen LogP contribution < -0.4 is 10.2 Å². The number of alkyl halides is 1. The van der Waals surface area contributed by atoms with Gasteiger partial charge in [0.05, 0.1) is 0 Å². The molecule has 0 saturated heterocycles. The largest absolute Gasteiger partial charge is 0.385 e. The van der Waals surface area contributed by atoms with Gasteiger partial charge in [-0.25, -0.2) is 0 Å². The number of halogens is 1. The molecular weight excluding hydrogens is 308 g/mol. The Balaban J connectivity index is 2.61. The van der Waals surface area contributed by atoms with Crippen molar-refractivity contribution in [3.05, 3.63) is 29.8 Å². The van der Waals surface area contributed by atoms with Gasteiger partial charge in [0.15, 0.2) is 0 Å². The number of nitrogens with zero attached hydrogens (tertiary/aromatic N) is 1. The topological polar surface area (TPSA) is 41.6 Å². The van der Waals surface area contributed by atoms with Gasteiger partial charge in [0.25, 0.3) is 5.91 Å². The molecule has 0 aromatic heterocycles. The van der Waals surface area contributed by atoms with Crippen LogP contribution in [0.1, 0.15) is 16.8 Å². The predicted octanol–water partition coefficient (Wildman–Crippen LogP) is 2.28. The first-order valence-corrected chi connectivity index (χ1v) is 7.33. The maximum absolute atomic E-state index is 12.1. The summed E-state index contributed by atoms with van der Waals surface area (Å²) in [7, 11) is 5.61. The number of benzene rings is 1. The second-order valence-electron chi connectivity index (χ2n) is 4.55. The Morgan fingerprint density at radius 2 is 2.00 bits per heavy atom. The molecule has 1 N–H and O–H groups in total. The molecule has 0 aliphatic rings. The zero-order valence-corrected chi connectivity index (χ0v) is 13.2. The lowest BCUT2D eigenvalue weighted by Crippen LogP contribution is -2.36. The summed E-state index contributed by atoms with van der Waals surface area (Å²) in [6.45, 7) is 0.635. The lowest BCUT2D eigenvalue weighted by atomic mass is 10.1. The Morgan fingerprint density at radius 3 is 2.47 bits per heavy atom. The molecule has 4 nitrogen and oxygen atoms in total. The highest BCUT2D eigenvalue weighted by molar-refractivity contribution is 9.09. The monoisotopic (exact) mass is 328 g/mol. The zero-order chi connectivity index (χ0) is 14.3. The van der Waals surface area contributed by atoms with Crippen molar-refractivity contribution in [1.82, 2.24) is 5.32 Å². The van der Waals surface area contributed by atoms with E-state index >= 15 is 0 Å². The lowest BCUT2D eigenvalue weighted by Gasteiger charge is -2.16. The fraction of sp³-hybridized carbons (Fsp3) is 0.500. The highest BCUT2D eigenvalue weighted by Gasteiger charge is 2.12. The van der Waals surface area contributed by atoms with Crippen LogP contribution in [0.25, 0.3) is 0 Å². The summed E-state index contributed by atoms with van der Waals surface area (Å²) in [6.07, 6.45) is 0.795. The second-order valence-corrected chi connectivity index (χ2v) is 5.19. The Bertz CT molecular complexity index is 393. The van der Waals surface area contributed by atoms with E-state index in [1.807, 2.05) is 43.3 Å². The molecular formula is C14H21BrN2O2. The van der Waals surface area contributed by atoms with Gasteiger partial charge < -0.3 is 15.0 Å². The zero-order valence-electron chi connectivity index (χ0n) is 11.6. The Hall–Kier alpha value is -1.07. The van der Waals surface area contributed by atoms with E-state index < -0.39 is 0 Å². The van der Waals surface area contributed by atoms with Gasteiger partial charge in [-0.05, 0) is 30.7 Å². The highest BCUT2D eigenvalue weighted by Crippen LogP contribution is 2.12. The average molecular weight is 329 g/mol. The third kappa shape index (κ3) is 5.20. The first-order chi connectivity index (χ1) is 9.08. The predicted molar refractivity (Wildman–Crippen MR) is 82.3 cm³/mol. The fourth-order valence-electron chi connectivity index (χ4n) is 1.63. The van der Waals surface area contributed by atoms with Gasteiger partial charge in [-0.15, -0.1) is 0 Å². The molecule has 0 spiro atoms. The summed E-state index contributed by atoms with van der Waals surface area (Å²) in [5.74, 6) is -0.0501. The molecule has 1 atom stereocenters. The molecule has 1 unspecified atom stereocenters. The summed E-state index contributed by atoms with van der Waals surface area (Å²) in [4.78, 5) is 14.1. The molecule has 0 aliphatic heterocycles. The van der Waals surface area contributed by atoms with E-state index in [0.29, 0.717) is 12.2 Å². The van der Waals surface area contributed by atoms with Crippen LogP contribution >= 0.6 is 15.9 Å². The van der Waals surface area contributed by atoms with E-state index in [4.69, 9.17) is 4.74 Å². The van der Waals surface area contributed by atoms with Crippen LogP contribution in [0, 0.1) is 0 Å². The quantitative estimate of drug-likeness (QED) is 0.781. The van der Waals surface area contributed by atoms with Gasteiger partial charge in [0, 0.05) is 50.4 Å². The number of hydrogen-bond acceptors (Lipinski definition) is 3. The summed E-state index contributed by atoms with van der Waals surface area (Å²) in [5, 5.41) is 3.71. The minimum Gasteiger partial charge on any atom is -0.385 e. The number of carbonyl (C=O) groups excluding carboxylic acids is 1. The number of methoxy groups -OCH3 is 1. The summed E-state index contributed by atoms with van der Waals surface area (Å²) in [5.41, 5.74) is 1.75. The third-order valence-corrected chi connectivity index (χ3v) is 3.62. The minimum atomic E-state index is -0.0501. The van der Waals surface area contributed by atoms with Gasteiger partial charge >= 0.3 is 0 Å². The van der Waals surface area contributed by atoms with Crippen molar-refractivity contribution < 1.29 is 9.53 Å². The van der Waals surface area contributed by atoms with Crippen LogP contribution in [-0.4, -0.2) is 45.1 Å². The number of ether oxygens (including phenoxy) is 1. The van der Waals surface area contributed by atoms with Crippen LogP contribution in [0.4, 0.5) is 5.69 Å². The van der Waals surface area contributed by atoms with Crippen LogP contribution in [0.3, 0.4) is 0 Å². The molecule has 0 heterocycles. The Morgan fingerprint density at radius 1 is 1.37 bits per heavy atom. The molecule has 1 aromatic rings. The standard InChI is InChI=1S/C14H21BrN2O2/c1-17(2)13-6-4-11(5-7-13)14(18)16-12(10-15)8-9-19-3/h4-7,12H,8-10H2,1-3H3,(H,16,18). The minimum absolute atomic E-state index is 0.0501. The van der Waals surface area contributed by atoms with Crippen molar-refractivity contribution in [3.8, 4) is 0 Å². The molecule has 19 heavy (non-hydrogen) atoms. The maximum Gasteiger partial charge on any atom is 0.251 e. The SMILES string of the molecule is COCCC(CBr)NC(=O)c1ccc(N(C)C)cc1. The van der Waals surface area contributed by atoms with Crippen LogP contribution in [0.2, 0.25) is 0 Å². The molecule has 1 amide bonds. The van der Waals surface area contributed by atoms with Crippen molar-refractivity contribution in [2.45, 2.75) is 12.5 Å². The molecule has 0 bridgehead atoms. The van der Waals surface area contributed by atoms with Crippen molar-refractivity contribution >= 4 is 27.5 Å². The van der Waals surface area contributed by atoms with E-state index in [0.717, 1.165) is 17.4 Å². The van der Waals surface area contributed by atoms with E-state index in [9.17, 15) is 4.79 Å². The van der Waals surface area contributed by atoms with Crippen molar-refractivity contribution in [2.75, 3.05) is 38.0 Å². The number of carbonyl (C=O) groups is 1. The lowest BCUT2D eigenvalue weighted by molar-refractivity contribution is 0.0931. The summed E-state index contributed by atoms with van der Waals surface area (Å²) >= 11 is 3.40. The Kier molecular flexibility index (Phi) is 6.87. The van der Waals surface area contributed by atoms with Gasteiger partial charge in [-0.2, -0.15) is 0 Å². The van der Waals surface area contributed by atoms with Gasteiger partial charge in [0.1, 0.15) is 0 Å². The second kappa shape index (κ2) is 8.17. The van der Waals surface area contributed by atoms with Crippen molar-refractivity contribution in [1.29, 1.82) is 0 Å². The van der Waals surface area contributed by atoms with E-state index in [1.165, 1.54) is 0 Å². The van der Waals surface area contributed by atoms with E-state index in [1.54, 1.807) is 7.11 Å². The number of rotatable bonds is 7. The number of nitrogens with one attached hydrogen (secondary N) is 1.